The van der Waals surface area contributed by atoms with Gasteiger partial charge in [-0.15, -0.1) is 0 Å². The van der Waals surface area contributed by atoms with Crippen LogP contribution in [-0.2, 0) is 0 Å². The molecule has 0 spiro atoms. The first-order valence-corrected chi connectivity index (χ1v) is 6.98. The Morgan fingerprint density at radius 3 is 2.57 bits per heavy atom. The largest absolute Gasteiger partial charge is 0.339 e. The third-order valence-corrected chi connectivity index (χ3v) is 3.47. The van der Waals surface area contributed by atoms with Crippen LogP contribution in [0.4, 0.5) is 0 Å². The van der Waals surface area contributed by atoms with Crippen molar-refractivity contribution >= 4 is 0 Å². The van der Waals surface area contributed by atoms with Gasteiger partial charge in [0.15, 0.2) is 0 Å². The van der Waals surface area contributed by atoms with Crippen LogP contribution in [0, 0.1) is 0 Å². The number of hydrogen-bond donors (Lipinski definition) is 0. The van der Waals surface area contributed by atoms with Crippen LogP contribution in [-0.4, -0.2) is 20.1 Å². The van der Waals surface area contributed by atoms with Crippen molar-refractivity contribution in [3.63, 3.8) is 0 Å². The molecule has 21 heavy (non-hydrogen) atoms. The van der Waals surface area contributed by atoms with Crippen LogP contribution in [0.15, 0.2) is 47.4 Å². The van der Waals surface area contributed by atoms with Crippen LogP contribution in [0.3, 0.4) is 0 Å². The second-order valence-corrected chi connectivity index (χ2v) is 4.93. The maximum absolute atomic E-state index is 5.29. The Bertz CT molecular complexity index is 707. The molecule has 0 radical (unpaired) electrons. The van der Waals surface area contributed by atoms with Crippen LogP contribution in [0.2, 0.25) is 0 Å². The molecule has 5 heteroatoms. The Morgan fingerprint density at radius 1 is 1.10 bits per heavy atom. The monoisotopic (exact) mass is 280 g/mol. The van der Waals surface area contributed by atoms with Crippen LogP contribution in [0.25, 0.3) is 22.6 Å². The molecular formula is C16H16N4O. The minimum Gasteiger partial charge on any atom is -0.339 e. The van der Waals surface area contributed by atoms with E-state index in [4.69, 9.17) is 4.52 Å². The topological polar surface area (TPSA) is 64.7 Å². The number of aromatic nitrogens is 4. The van der Waals surface area contributed by atoms with Crippen molar-refractivity contribution < 1.29 is 4.52 Å². The summed E-state index contributed by atoms with van der Waals surface area (Å²) in [5.74, 6) is 1.53. The number of rotatable bonds is 4. The fourth-order valence-corrected chi connectivity index (χ4v) is 1.95. The van der Waals surface area contributed by atoms with Crippen molar-refractivity contribution in [1.82, 2.24) is 20.1 Å². The Balaban J connectivity index is 1.86. The molecule has 0 bridgehead atoms. The molecule has 0 saturated carbocycles. The lowest BCUT2D eigenvalue weighted by Gasteiger charge is -2.01. The first-order chi connectivity index (χ1) is 10.3. The van der Waals surface area contributed by atoms with Crippen LogP contribution < -0.4 is 0 Å². The predicted octanol–water partition coefficient (Wildman–Crippen LogP) is 3.71. The molecule has 0 aliphatic heterocycles. The van der Waals surface area contributed by atoms with Crippen molar-refractivity contribution in [3.8, 4) is 22.6 Å². The number of hydrogen-bond acceptors (Lipinski definition) is 5. The SMILES string of the molecule is CCC(C)c1nc(-c2ccc(-c3ccncc3)nc2)no1. The molecule has 5 nitrogen and oxygen atoms in total. The summed E-state index contributed by atoms with van der Waals surface area (Å²) < 4.78 is 5.29. The highest BCUT2D eigenvalue weighted by molar-refractivity contribution is 5.62. The van der Waals surface area contributed by atoms with Gasteiger partial charge in [-0.25, -0.2) is 0 Å². The van der Waals surface area contributed by atoms with Crippen molar-refractivity contribution in [1.29, 1.82) is 0 Å². The van der Waals surface area contributed by atoms with E-state index in [1.165, 1.54) is 0 Å². The second-order valence-electron chi connectivity index (χ2n) is 4.93. The molecule has 3 aromatic heterocycles. The summed E-state index contributed by atoms with van der Waals surface area (Å²) >= 11 is 0. The molecule has 106 valence electrons. The van der Waals surface area contributed by atoms with Gasteiger partial charge in [-0.05, 0) is 30.7 Å². The average Bonchev–Trinajstić information content (AvgIpc) is 3.05. The normalized spacial score (nSPS) is 12.3. The minimum absolute atomic E-state index is 0.273. The van der Waals surface area contributed by atoms with E-state index in [0.717, 1.165) is 23.2 Å². The van der Waals surface area contributed by atoms with Crippen molar-refractivity contribution in [2.75, 3.05) is 0 Å². The molecular weight excluding hydrogens is 264 g/mol. The van der Waals surface area contributed by atoms with Gasteiger partial charge in [0.25, 0.3) is 0 Å². The molecule has 0 N–H and O–H groups in total. The van der Waals surface area contributed by atoms with Crippen LogP contribution >= 0.6 is 0 Å². The van der Waals surface area contributed by atoms with E-state index in [-0.39, 0.29) is 5.92 Å². The average molecular weight is 280 g/mol. The van der Waals surface area contributed by atoms with Gasteiger partial charge >= 0.3 is 0 Å². The Morgan fingerprint density at radius 2 is 1.90 bits per heavy atom. The Kier molecular flexibility index (Phi) is 3.73. The molecule has 0 amide bonds. The van der Waals surface area contributed by atoms with Gasteiger partial charge in [-0.3, -0.25) is 9.97 Å². The summed E-state index contributed by atoms with van der Waals surface area (Å²) in [6, 6.07) is 7.76. The van der Waals surface area contributed by atoms with Crippen molar-refractivity contribution in [2.45, 2.75) is 26.2 Å². The van der Waals surface area contributed by atoms with E-state index < -0.39 is 0 Å². The van der Waals surface area contributed by atoms with E-state index in [1.807, 2.05) is 24.3 Å². The van der Waals surface area contributed by atoms with Gasteiger partial charge in [0.2, 0.25) is 11.7 Å². The van der Waals surface area contributed by atoms with Crippen LogP contribution in [0.1, 0.15) is 32.1 Å². The fraction of sp³-hybridized carbons (Fsp3) is 0.250. The summed E-state index contributed by atoms with van der Waals surface area (Å²) in [5, 5.41) is 4.02. The van der Waals surface area contributed by atoms with Gasteiger partial charge in [0.1, 0.15) is 0 Å². The van der Waals surface area contributed by atoms with Crippen molar-refractivity contribution in [2.24, 2.45) is 0 Å². The summed E-state index contributed by atoms with van der Waals surface area (Å²) in [4.78, 5) is 12.9. The highest BCUT2D eigenvalue weighted by Gasteiger charge is 2.13. The zero-order valence-corrected chi connectivity index (χ0v) is 12.0. The number of pyridine rings is 2. The quantitative estimate of drug-likeness (QED) is 0.729. The fourth-order valence-electron chi connectivity index (χ4n) is 1.95. The van der Waals surface area contributed by atoms with Gasteiger partial charge in [0.05, 0.1) is 5.69 Å². The third-order valence-electron chi connectivity index (χ3n) is 3.47. The molecule has 0 fully saturated rings. The number of nitrogens with zero attached hydrogens (tertiary/aromatic N) is 4. The molecule has 3 heterocycles. The second kappa shape index (κ2) is 5.83. The van der Waals surface area contributed by atoms with E-state index >= 15 is 0 Å². The predicted molar refractivity (Wildman–Crippen MR) is 79.5 cm³/mol. The third kappa shape index (κ3) is 2.81. The highest BCUT2D eigenvalue weighted by Crippen LogP contribution is 2.23. The molecule has 0 saturated heterocycles. The minimum atomic E-state index is 0.273. The summed E-state index contributed by atoms with van der Waals surface area (Å²) in [6.45, 7) is 4.17. The lowest BCUT2D eigenvalue weighted by Crippen LogP contribution is -1.91. The maximum atomic E-state index is 5.29. The van der Waals surface area contributed by atoms with Crippen molar-refractivity contribution in [3.05, 3.63) is 48.7 Å². The first-order valence-electron chi connectivity index (χ1n) is 6.98. The lowest BCUT2D eigenvalue weighted by atomic mass is 10.1. The molecule has 1 atom stereocenters. The molecule has 3 aromatic rings. The molecule has 0 aliphatic carbocycles. The highest BCUT2D eigenvalue weighted by atomic mass is 16.5. The van der Waals surface area contributed by atoms with Crippen LogP contribution in [0.5, 0.6) is 0 Å². The summed E-state index contributed by atoms with van der Waals surface area (Å²) in [5.41, 5.74) is 2.78. The lowest BCUT2D eigenvalue weighted by molar-refractivity contribution is 0.357. The summed E-state index contributed by atoms with van der Waals surface area (Å²) in [7, 11) is 0. The molecule has 1 unspecified atom stereocenters. The van der Waals surface area contributed by atoms with E-state index in [9.17, 15) is 0 Å². The van der Waals surface area contributed by atoms with Gasteiger partial charge in [-0.1, -0.05) is 19.0 Å². The maximum Gasteiger partial charge on any atom is 0.229 e. The Hall–Kier alpha value is -2.56. The van der Waals surface area contributed by atoms with Gasteiger partial charge in [-0.2, -0.15) is 4.98 Å². The van der Waals surface area contributed by atoms with E-state index in [0.29, 0.717) is 11.7 Å². The zero-order valence-electron chi connectivity index (χ0n) is 12.0. The van der Waals surface area contributed by atoms with Gasteiger partial charge in [0, 0.05) is 35.6 Å². The zero-order chi connectivity index (χ0) is 14.7. The first kappa shape index (κ1) is 13.4. The Labute approximate surface area is 123 Å². The molecule has 0 aromatic carbocycles. The summed E-state index contributed by atoms with van der Waals surface area (Å²) in [6.07, 6.45) is 6.24. The molecule has 3 rings (SSSR count). The van der Waals surface area contributed by atoms with E-state index in [1.54, 1.807) is 18.6 Å². The standard InChI is InChI=1S/C16H16N4O/c1-3-11(2)16-19-15(20-21-16)13-4-5-14(18-10-13)12-6-8-17-9-7-12/h4-11H,3H2,1-2H3. The molecule has 0 aliphatic rings. The van der Waals surface area contributed by atoms with Gasteiger partial charge < -0.3 is 4.52 Å². The smallest absolute Gasteiger partial charge is 0.229 e. The van der Waals surface area contributed by atoms with E-state index in [2.05, 4.69) is 34.0 Å².